The summed E-state index contributed by atoms with van der Waals surface area (Å²) in [5.41, 5.74) is 3.46. The third-order valence-corrected chi connectivity index (χ3v) is 5.85. The standard InChI is InChI=1S/C20H40SSi.H3N/c1-5-18-21-19-16-14-12-10-8-6-7-9-11-13-15-17-20-22(2,3)4;/h5-16,18-19H2,1-4H3;1H3. The Morgan fingerprint density at radius 3 is 1.65 bits per heavy atom. The fraction of sp³-hybridized carbons (Fsp3) is 0.900. The van der Waals surface area contributed by atoms with Crippen LogP contribution >= 0.6 is 11.8 Å². The smallest absolute Gasteiger partial charge is 0.129 e. The molecular formula is C20H43NSSi. The quantitative estimate of drug-likeness (QED) is 0.199. The van der Waals surface area contributed by atoms with E-state index in [4.69, 9.17) is 0 Å². The van der Waals surface area contributed by atoms with Crippen molar-refractivity contribution in [3.8, 4) is 11.5 Å². The van der Waals surface area contributed by atoms with Gasteiger partial charge in [-0.3, -0.25) is 0 Å². The normalized spacial score (nSPS) is 10.8. The summed E-state index contributed by atoms with van der Waals surface area (Å²) in [6.45, 7) is 9.24. The van der Waals surface area contributed by atoms with Crippen LogP contribution in [0, 0.1) is 11.5 Å². The van der Waals surface area contributed by atoms with Crippen LogP contribution in [0.1, 0.15) is 84.0 Å². The summed E-state index contributed by atoms with van der Waals surface area (Å²) < 4.78 is 0. The molecule has 0 aromatic rings. The van der Waals surface area contributed by atoms with Gasteiger partial charge >= 0.3 is 0 Å². The van der Waals surface area contributed by atoms with Gasteiger partial charge < -0.3 is 6.15 Å². The zero-order chi connectivity index (χ0) is 16.5. The lowest BCUT2D eigenvalue weighted by Crippen LogP contribution is -2.16. The summed E-state index contributed by atoms with van der Waals surface area (Å²) in [6, 6.07) is 0. The summed E-state index contributed by atoms with van der Waals surface area (Å²) in [7, 11) is -1.13. The second-order valence-electron chi connectivity index (χ2n) is 7.45. The lowest BCUT2D eigenvalue weighted by atomic mass is 10.1. The van der Waals surface area contributed by atoms with E-state index in [0.29, 0.717) is 0 Å². The third kappa shape index (κ3) is 24.5. The Morgan fingerprint density at radius 1 is 0.696 bits per heavy atom. The van der Waals surface area contributed by atoms with E-state index in [0.717, 1.165) is 6.42 Å². The van der Waals surface area contributed by atoms with Crippen molar-refractivity contribution in [1.29, 1.82) is 0 Å². The highest BCUT2D eigenvalue weighted by molar-refractivity contribution is 7.99. The maximum Gasteiger partial charge on any atom is 0.129 e. The summed E-state index contributed by atoms with van der Waals surface area (Å²) in [4.78, 5) is 0. The Balaban J connectivity index is 0. The van der Waals surface area contributed by atoms with Gasteiger partial charge in [0, 0.05) is 6.42 Å². The first-order valence-electron chi connectivity index (χ1n) is 9.64. The largest absolute Gasteiger partial charge is 0.344 e. The fourth-order valence-corrected chi connectivity index (χ4v) is 3.96. The van der Waals surface area contributed by atoms with E-state index in [1.54, 1.807) is 0 Å². The average Bonchev–Trinajstić information content (AvgIpc) is 2.45. The highest BCUT2D eigenvalue weighted by Gasteiger charge is 2.06. The van der Waals surface area contributed by atoms with Crippen LogP contribution < -0.4 is 6.15 Å². The van der Waals surface area contributed by atoms with Crippen molar-refractivity contribution < 1.29 is 0 Å². The molecule has 0 aliphatic rings. The molecule has 0 spiro atoms. The molecule has 0 fully saturated rings. The molecule has 138 valence electrons. The van der Waals surface area contributed by atoms with Crippen molar-refractivity contribution in [3.63, 3.8) is 0 Å². The summed E-state index contributed by atoms with van der Waals surface area (Å²) >= 11 is 2.13. The molecule has 0 aromatic heterocycles. The maximum atomic E-state index is 3.46. The van der Waals surface area contributed by atoms with Gasteiger partial charge in [-0.25, -0.2) is 0 Å². The Labute approximate surface area is 152 Å². The molecule has 0 saturated heterocycles. The van der Waals surface area contributed by atoms with Gasteiger partial charge in [0.25, 0.3) is 0 Å². The van der Waals surface area contributed by atoms with Gasteiger partial charge in [-0.15, -0.1) is 11.5 Å². The Hall–Kier alpha value is 0.0869. The molecule has 0 rings (SSSR count). The van der Waals surface area contributed by atoms with Gasteiger partial charge in [0.1, 0.15) is 8.07 Å². The molecule has 1 nitrogen and oxygen atoms in total. The summed E-state index contributed by atoms with van der Waals surface area (Å²) in [6.07, 6.45) is 16.7. The highest BCUT2D eigenvalue weighted by atomic mass is 32.2. The van der Waals surface area contributed by atoms with Crippen molar-refractivity contribution in [2.45, 2.75) is 104 Å². The zero-order valence-corrected chi connectivity index (χ0v) is 18.3. The van der Waals surface area contributed by atoms with Crippen molar-refractivity contribution in [1.82, 2.24) is 6.15 Å². The molecule has 0 aromatic carbocycles. The zero-order valence-electron chi connectivity index (χ0n) is 16.5. The molecule has 0 atom stereocenters. The minimum atomic E-state index is -1.13. The predicted octanol–water partition coefficient (Wildman–Crippen LogP) is 7.46. The van der Waals surface area contributed by atoms with Crippen LogP contribution in [0.2, 0.25) is 19.6 Å². The molecule has 0 radical (unpaired) electrons. The minimum absolute atomic E-state index is 0. The summed E-state index contributed by atoms with van der Waals surface area (Å²) in [5, 5.41) is 0. The minimum Gasteiger partial charge on any atom is -0.344 e. The number of rotatable bonds is 14. The van der Waals surface area contributed by atoms with Crippen LogP contribution in [0.15, 0.2) is 0 Å². The molecule has 0 bridgehead atoms. The molecule has 0 aliphatic carbocycles. The molecule has 3 heteroatoms. The van der Waals surface area contributed by atoms with Gasteiger partial charge in [0.15, 0.2) is 0 Å². The van der Waals surface area contributed by atoms with Gasteiger partial charge in [-0.2, -0.15) is 11.8 Å². The second-order valence-corrected chi connectivity index (χ2v) is 13.4. The predicted molar refractivity (Wildman–Crippen MR) is 115 cm³/mol. The molecule has 0 amide bonds. The molecule has 0 unspecified atom stereocenters. The number of hydrogen-bond donors (Lipinski definition) is 1. The Morgan fingerprint density at radius 2 is 1.17 bits per heavy atom. The van der Waals surface area contributed by atoms with Gasteiger partial charge in [-0.05, 0) is 30.8 Å². The van der Waals surface area contributed by atoms with Crippen LogP contribution in [-0.4, -0.2) is 19.6 Å². The highest BCUT2D eigenvalue weighted by Crippen LogP contribution is 2.13. The van der Waals surface area contributed by atoms with E-state index < -0.39 is 8.07 Å². The SMILES string of the molecule is CCCSCCCCCCCCCCCCC#C[Si](C)(C)C.N. The molecule has 23 heavy (non-hydrogen) atoms. The second kappa shape index (κ2) is 18.4. The molecule has 0 aliphatic heterocycles. The van der Waals surface area contributed by atoms with Crippen LogP contribution in [0.25, 0.3) is 0 Å². The van der Waals surface area contributed by atoms with Crippen molar-refractivity contribution in [2.24, 2.45) is 0 Å². The first-order valence-corrected chi connectivity index (χ1v) is 14.3. The maximum absolute atomic E-state index is 3.46. The molecule has 0 saturated carbocycles. The van der Waals surface area contributed by atoms with E-state index in [2.05, 4.69) is 49.8 Å². The monoisotopic (exact) mass is 357 g/mol. The first kappa shape index (κ1) is 25.3. The Bertz CT molecular complexity index is 288. The lowest BCUT2D eigenvalue weighted by Gasteiger charge is -2.04. The fourth-order valence-electron chi connectivity index (χ4n) is 2.41. The van der Waals surface area contributed by atoms with Gasteiger partial charge in [0.2, 0.25) is 0 Å². The molecule has 0 heterocycles. The van der Waals surface area contributed by atoms with Crippen molar-refractivity contribution in [3.05, 3.63) is 0 Å². The van der Waals surface area contributed by atoms with Gasteiger partial charge in [-0.1, -0.05) is 77.9 Å². The molecular weight excluding hydrogens is 314 g/mol. The topological polar surface area (TPSA) is 35.0 Å². The number of thioether (sulfide) groups is 1. The van der Waals surface area contributed by atoms with Gasteiger partial charge in [0.05, 0.1) is 0 Å². The van der Waals surface area contributed by atoms with E-state index in [1.807, 2.05) is 0 Å². The average molecular weight is 358 g/mol. The van der Waals surface area contributed by atoms with E-state index in [1.165, 1.54) is 82.1 Å². The van der Waals surface area contributed by atoms with Crippen molar-refractivity contribution >= 4 is 19.8 Å². The lowest BCUT2D eigenvalue weighted by molar-refractivity contribution is 0.559. The summed E-state index contributed by atoms with van der Waals surface area (Å²) in [5.74, 6) is 6.11. The van der Waals surface area contributed by atoms with Crippen LogP contribution in [0.5, 0.6) is 0 Å². The van der Waals surface area contributed by atoms with E-state index in [-0.39, 0.29) is 6.15 Å². The number of hydrogen-bond acceptors (Lipinski definition) is 2. The van der Waals surface area contributed by atoms with E-state index >= 15 is 0 Å². The van der Waals surface area contributed by atoms with E-state index in [9.17, 15) is 0 Å². The van der Waals surface area contributed by atoms with Crippen LogP contribution in [-0.2, 0) is 0 Å². The first-order chi connectivity index (χ1) is 10.6. The van der Waals surface area contributed by atoms with Crippen molar-refractivity contribution in [2.75, 3.05) is 11.5 Å². The third-order valence-electron chi connectivity index (χ3n) is 3.65. The number of unbranched alkanes of at least 4 members (excludes halogenated alkanes) is 10. The molecule has 3 N–H and O–H groups in total. The van der Waals surface area contributed by atoms with Crippen LogP contribution in [0.4, 0.5) is 0 Å². The van der Waals surface area contributed by atoms with Crippen LogP contribution in [0.3, 0.4) is 0 Å². The Kier molecular flexibility index (Phi) is 20.3.